The SMILES string of the molecule is Cc1cc(-n2cccn2)ccc1OCc1c(Cl)cccc1N(N)C(=O)N(C)N. The first-order valence-corrected chi connectivity index (χ1v) is 8.84. The van der Waals surface area contributed by atoms with Crippen LogP contribution < -0.4 is 21.4 Å². The number of nitrogens with two attached hydrogens (primary N) is 2. The Bertz CT molecular complexity index is 975. The largest absolute Gasteiger partial charge is 0.488 e. The van der Waals surface area contributed by atoms with Crippen LogP contribution in [-0.4, -0.2) is 27.9 Å². The summed E-state index contributed by atoms with van der Waals surface area (Å²) >= 11 is 6.33. The molecule has 8 nitrogen and oxygen atoms in total. The highest BCUT2D eigenvalue weighted by molar-refractivity contribution is 6.31. The van der Waals surface area contributed by atoms with Crippen LogP contribution in [-0.2, 0) is 6.61 Å². The van der Waals surface area contributed by atoms with Crippen molar-refractivity contribution in [3.8, 4) is 11.4 Å². The van der Waals surface area contributed by atoms with Crippen LogP contribution in [0.2, 0.25) is 5.02 Å². The molecule has 0 bridgehead atoms. The highest BCUT2D eigenvalue weighted by Crippen LogP contribution is 2.29. The Hall–Kier alpha value is -3.07. The van der Waals surface area contributed by atoms with E-state index in [0.29, 0.717) is 22.0 Å². The highest BCUT2D eigenvalue weighted by Gasteiger charge is 2.19. The molecule has 1 heterocycles. The molecule has 0 saturated heterocycles. The van der Waals surface area contributed by atoms with Gasteiger partial charge in [-0.3, -0.25) is 5.01 Å². The maximum absolute atomic E-state index is 12.1. The van der Waals surface area contributed by atoms with Crippen LogP contribution in [0.25, 0.3) is 5.69 Å². The number of hydrogen-bond acceptors (Lipinski definition) is 5. The van der Waals surface area contributed by atoms with Crippen molar-refractivity contribution in [1.29, 1.82) is 0 Å². The second kappa shape index (κ2) is 8.30. The van der Waals surface area contributed by atoms with Gasteiger partial charge in [0.2, 0.25) is 0 Å². The van der Waals surface area contributed by atoms with Gasteiger partial charge in [0.15, 0.2) is 0 Å². The molecule has 4 N–H and O–H groups in total. The summed E-state index contributed by atoms with van der Waals surface area (Å²) in [6.07, 6.45) is 3.59. The van der Waals surface area contributed by atoms with Gasteiger partial charge in [-0.1, -0.05) is 17.7 Å². The third kappa shape index (κ3) is 4.09. The molecule has 0 unspecified atom stereocenters. The number of ether oxygens (including phenoxy) is 1. The number of anilines is 1. The van der Waals surface area contributed by atoms with Crippen molar-refractivity contribution < 1.29 is 9.53 Å². The molecule has 0 spiro atoms. The van der Waals surface area contributed by atoms with Crippen molar-refractivity contribution >= 4 is 23.3 Å². The van der Waals surface area contributed by atoms with E-state index in [2.05, 4.69) is 5.10 Å². The molecule has 3 aromatic rings. The first-order chi connectivity index (χ1) is 13.4. The van der Waals surface area contributed by atoms with E-state index in [-0.39, 0.29) is 6.61 Å². The smallest absolute Gasteiger partial charge is 0.352 e. The van der Waals surface area contributed by atoms with Crippen molar-refractivity contribution in [3.63, 3.8) is 0 Å². The molecule has 1 aromatic heterocycles. The van der Waals surface area contributed by atoms with Crippen LogP contribution in [0, 0.1) is 6.92 Å². The molecular weight excluding hydrogens is 380 g/mol. The van der Waals surface area contributed by atoms with E-state index in [1.54, 1.807) is 29.1 Å². The van der Waals surface area contributed by atoms with E-state index in [4.69, 9.17) is 28.0 Å². The lowest BCUT2D eigenvalue weighted by atomic mass is 10.1. The zero-order valence-corrected chi connectivity index (χ0v) is 16.3. The van der Waals surface area contributed by atoms with Gasteiger partial charge in [-0.2, -0.15) is 5.10 Å². The number of halogens is 1. The Morgan fingerprint density at radius 2 is 2.04 bits per heavy atom. The molecule has 0 fully saturated rings. The minimum absolute atomic E-state index is 0.131. The Morgan fingerprint density at radius 1 is 1.25 bits per heavy atom. The first kappa shape index (κ1) is 19.7. The molecule has 2 amide bonds. The Kier molecular flexibility index (Phi) is 5.84. The Morgan fingerprint density at radius 3 is 2.68 bits per heavy atom. The fraction of sp³-hybridized carbons (Fsp3) is 0.158. The predicted molar refractivity (Wildman–Crippen MR) is 108 cm³/mol. The normalized spacial score (nSPS) is 10.6. The Labute approximate surface area is 167 Å². The number of amides is 2. The average molecular weight is 401 g/mol. The van der Waals surface area contributed by atoms with Crippen molar-refractivity contribution in [2.24, 2.45) is 11.7 Å². The molecule has 146 valence electrons. The number of carbonyl (C=O) groups excluding carboxylic acids is 1. The maximum atomic E-state index is 12.1. The minimum Gasteiger partial charge on any atom is -0.488 e. The van der Waals surface area contributed by atoms with Gasteiger partial charge in [0.1, 0.15) is 12.4 Å². The summed E-state index contributed by atoms with van der Waals surface area (Å²) in [4.78, 5) is 12.1. The molecule has 0 aliphatic carbocycles. The van der Waals surface area contributed by atoms with Gasteiger partial charge < -0.3 is 4.74 Å². The number of hydrazine groups is 2. The van der Waals surface area contributed by atoms with E-state index in [1.807, 2.05) is 37.4 Å². The van der Waals surface area contributed by atoms with Gasteiger partial charge in [-0.25, -0.2) is 26.2 Å². The molecular formula is C19H21ClN6O2. The number of benzene rings is 2. The molecule has 0 radical (unpaired) electrons. The van der Waals surface area contributed by atoms with Gasteiger partial charge >= 0.3 is 6.03 Å². The lowest BCUT2D eigenvalue weighted by Crippen LogP contribution is -2.49. The number of urea groups is 1. The first-order valence-electron chi connectivity index (χ1n) is 8.46. The maximum Gasteiger partial charge on any atom is 0.352 e. The number of hydrogen-bond donors (Lipinski definition) is 2. The minimum atomic E-state index is -0.580. The molecule has 2 aromatic carbocycles. The van der Waals surface area contributed by atoms with Gasteiger partial charge in [-0.15, -0.1) is 0 Å². The zero-order chi connectivity index (χ0) is 20.3. The van der Waals surface area contributed by atoms with Gasteiger partial charge in [0.05, 0.1) is 11.4 Å². The molecule has 9 heteroatoms. The second-order valence-corrected chi connectivity index (χ2v) is 6.60. The number of rotatable bonds is 5. The third-order valence-corrected chi connectivity index (χ3v) is 4.52. The summed E-state index contributed by atoms with van der Waals surface area (Å²) < 4.78 is 7.72. The van der Waals surface area contributed by atoms with E-state index in [1.165, 1.54) is 7.05 Å². The summed E-state index contributed by atoms with van der Waals surface area (Å²) in [7, 11) is 1.41. The van der Waals surface area contributed by atoms with Crippen molar-refractivity contribution in [2.45, 2.75) is 13.5 Å². The number of aromatic nitrogens is 2. The van der Waals surface area contributed by atoms with Crippen LogP contribution in [0.1, 0.15) is 11.1 Å². The van der Waals surface area contributed by atoms with Gasteiger partial charge in [0, 0.05) is 30.0 Å². The quantitative estimate of drug-likeness (QED) is 0.389. The van der Waals surface area contributed by atoms with Crippen LogP contribution in [0.5, 0.6) is 5.75 Å². The molecule has 0 aliphatic heterocycles. The zero-order valence-electron chi connectivity index (χ0n) is 15.5. The lowest BCUT2D eigenvalue weighted by molar-refractivity contribution is 0.216. The fourth-order valence-corrected chi connectivity index (χ4v) is 2.92. The van der Waals surface area contributed by atoms with Crippen molar-refractivity contribution in [2.75, 3.05) is 12.1 Å². The van der Waals surface area contributed by atoms with Gasteiger partial charge in [-0.05, 0) is 48.9 Å². The number of aryl methyl sites for hydroxylation is 1. The number of nitrogens with zero attached hydrogens (tertiary/aromatic N) is 4. The summed E-state index contributed by atoms with van der Waals surface area (Å²) in [6.45, 7) is 2.07. The monoisotopic (exact) mass is 400 g/mol. The van der Waals surface area contributed by atoms with E-state index >= 15 is 0 Å². The lowest BCUT2D eigenvalue weighted by Gasteiger charge is -2.24. The van der Waals surface area contributed by atoms with E-state index in [0.717, 1.165) is 21.3 Å². The summed E-state index contributed by atoms with van der Waals surface area (Å²) in [5.74, 6) is 12.1. The number of carbonyl (C=O) groups is 1. The van der Waals surface area contributed by atoms with Crippen LogP contribution in [0.15, 0.2) is 54.9 Å². The molecule has 0 atom stereocenters. The predicted octanol–water partition coefficient (Wildman–Crippen LogP) is 3.02. The standard InChI is InChI=1S/C19H21ClN6O2/c1-13-11-14(25-10-4-9-23-25)7-8-18(13)28-12-15-16(20)5-3-6-17(15)26(22)19(27)24(2)21/h3-11H,12,21-22H2,1-2H3. The van der Waals surface area contributed by atoms with Crippen molar-refractivity contribution in [1.82, 2.24) is 14.8 Å². The molecule has 0 aliphatic rings. The summed E-state index contributed by atoms with van der Waals surface area (Å²) in [6, 6.07) is 12.1. The summed E-state index contributed by atoms with van der Waals surface area (Å²) in [5, 5.41) is 6.49. The second-order valence-electron chi connectivity index (χ2n) is 6.19. The fourth-order valence-electron chi connectivity index (χ4n) is 2.70. The van der Waals surface area contributed by atoms with E-state index < -0.39 is 6.03 Å². The Balaban J connectivity index is 1.82. The summed E-state index contributed by atoms with van der Waals surface area (Å²) in [5.41, 5.74) is 2.86. The molecule has 3 rings (SSSR count). The molecule has 0 saturated carbocycles. The van der Waals surface area contributed by atoms with Crippen LogP contribution >= 0.6 is 11.6 Å². The van der Waals surface area contributed by atoms with Crippen molar-refractivity contribution in [3.05, 3.63) is 71.0 Å². The topological polar surface area (TPSA) is 103 Å². The van der Waals surface area contributed by atoms with Crippen LogP contribution in [0.4, 0.5) is 10.5 Å². The van der Waals surface area contributed by atoms with E-state index in [9.17, 15) is 4.79 Å². The molecule has 28 heavy (non-hydrogen) atoms. The third-order valence-electron chi connectivity index (χ3n) is 4.16. The van der Waals surface area contributed by atoms with Crippen LogP contribution in [0.3, 0.4) is 0 Å². The average Bonchev–Trinajstić information content (AvgIpc) is 3.21. The van der Waals surface area contributed by atoms with Gasteiger partial charge in [0.25, 0.3) is 0 Å². The highest BCUT2D eigenvalue weighted by atomic mass is 35.5.